The van der Waals surface area contributed by atoms with Crippen molar-refractivity contribution in [2.24, 2.45) is 0 Å². The fraction of sp³-hybridized carbons (Fsp3) is 0.467. The first-order chi connectivity index (χ1) is 9.65. The van der Waals surface area contributed by atoms with Crippen LogP contribution in [-0.4, -0.2) is 29.2 Å². The Morgan fingerprint density at radius 3 is 2.65 bits per heavy atom. The van der Waals surface area contributed by atoms with Crippen LogP contribution in [0.25, 0.3) is 0 Å². The van der Waals surface area contributed by atoms with Crippen molar-refractivity contribution >= 4 is 11.9 Å². The minimum atomic E-state index is -0.994. The first-order valence-corrected chi connectivity index (χ1v) is 6.91. The summed E-state index contributed by atoms with van der Waals surface area (Å²) in [4.78, 5) is 23.0. The molecule has 1 aromatic rings. The highest BCUT2D eigenvalue weighted by atomic mass is 16.5. The first-order valence-electron chi connectivity index (χ1n) is 6.91. The van der Waals surface area contributed by atoms with Crippen LogP contribution in [0, 0.1) is 0 Å². The van der Waals surface area contributed by atoms with E-state index in [0.717, 1.165) is 18.4 Å². The molecule has 2 aliphatic rings. The summed E-state index contributed by atoms with van der Waals surface area (Å²) in [7, 11) is 0. The van der Waals surface area contributed by atoms with Gasteiger partial charge in [-0.1, -0.05) is 24.3 Å². The third-order valence-corrected chi connectivity index (χ3v) is 4.04. The molecule has 0 spiro atoms. The summed E-state index contributed by atoms with van der Waals surface area (Å²) in [5, 5.41) is 11.9. The number of carboxylic acids is 1. The molecule has 1 heterocycles. The number of nitrogens with one attached hydrogen (secondary N) is 1. The van der Waals surface area contributed by atoms with Gasteiger partial charge < -0.3 is 15.2 Å². The zero-order valence-electron chi connectivity index (χ0n) is 11.0. The molecule has 1 aromatic carbocycles. The number of benzene rings is 1. The van der Waals surface area contributed by atoms with Gasteiger partial charge in [0.1, 0.15) is 6.10 Å². The van der Waals surface area contributed by atoms with Crippen LogP contribution in [0.1, 0.15) is 36.4 Å². The number of hydrogen-bond donors (Lipinski definition) is 2. The summed E-state index contributed by atoms with van der Waals surface area (Å²) in [6.45, 7) is 0. The Labute approximate surface area is 116 Å². The molecule has 5 nitrogen and oxygen atoms in total. The van der Waals surface area contributed by atoms with Crippen molar-refractivity contribution in [3.05, 3.63) is 35.4 Å². The van der Waals surface area contributed by atoms with Crippen LogP contribution in [0.2, 0.25) is 0 Å². The van der Waals surface area contributed by atoms with Gasteiger partial charge in [0.2, 0.25) is 5.91 Å². The number of carbonyl (C=O) groups is 2. The smallest absolute Gasteiger partial charge is 0.332 e. The average Bonchev–Trinajstić information content (AvgIpc) is 3.06. The average molecular weight is 275 g/mol. The molecule has 1 saturated heterocycles. The predicted octanol–water partition coefficient (Wildman–Crippen LogP) is 1.42. The summed E-state index contributed by atoms with van der Waals surface area (Å²) >= 11 is 0. The molecular formula is C15H17NO4. The fourth-order valence-electron chi connectivity index (χ4n) is 2.98. The number of carbonyl (C=O) groups excluding carboxylic acids is 1. The van der Waals surface area contributed by atoms with E-state index in [2.05, 4.69) is 11.4 Å². The molecule has 106 valence electrons. The lowest BCUT2D eigenvalue weighted by Gasteiger charge is -2.17. The molecule has 1 fully saturated rings. The fourth-order valence-corrected chi connectivity index (χ4v) is 2.98. The molecule has 1 amide bonds. The van der Waals surface area contributed by atoms with Gasteiger partial charge >= 0.3 is 5.97 Å². The van der Waals surface area contributed by atoms with Gasteiger partial charge in [0, 0.05) is 0 Å². The number of carboxylic acid groups (broad SMARTS) is 1. The van der Waals surface area contributed by atoms with E-state index in [-0.39, 0.29) is 11.9 Å². The largest absolute Gasteiger partial charge is 0.479 e. The zero-order chi connectivity index (χ0) is 14.1. The van der Waals surface area contributed by atoms with Crippen molar-refractivity contribution in [1.29, 1.82) is 0 Å². The van der Waals surface area contributed by atoms with Gasteiger partial charge in [-0.15, -0.1) is 0 Å². The summed E-state index contributed by atoms with van der Waals surface area (Å²) in [5.74, 6) is -1.19. The summed E-state index contributed by atoms with van der Waals surface area (Å²) in [6.07, 6.45) is 1.24. The molecule has 5 heteroatoms. The molecule has 0 radical (unpaired) electrons. The highest BCUT2D eigenvalue weighted by Gasteiger charge is 2.36. The molecule has 3 unspecified atom stereocenters. The predicted molar refractivity (Wildman–Crippen MR) is 71.2 cm³/mol. The molecule has 1 aliphatic heterocycles. The van der Waals surface area contributed by atoms with Gasteiger partial charge in [-0.25, -0.2) is 4.79 Å². The molecule has 0 aromatic heterocycles. The Hall–Kier alpha value is -1.88. The second-order valence-electron chi connectivity index (χ2n) is 5.33. The monoisotopic (exact) mass is 275 g/mol. The molecule has 1 aliphatic carbocycles. The minimum absolute atomic E-state index is 0.0196. The number of aryl methyl sites for hydroxylation is 1. The van der Waals surface area contributed by atoms with E-state index < -0.39 is 18.2 Å². The van der Waals surface area contributed by atoms with Gasteiger partial charge in [0.25, 0.3) is 0 Å². The minimum Gasteiger partial charge on any atom is -0.479 e. The number of amides is 1. The van der Waals surface area contributed by atoms with Crippen molar-refractivity contribution in [2.75, 3.05) is 0 Å². The molecule has 0 bridgehead atoms. The topological polar surface area (TPSA) is 75.6 Å². The number of ether oxygens (including phenoxy) is 1. The van der Waals surface area contributed by atoms with Crippen molar-refractivity contribution < 1.29 is 19.4 Å². The molecule has 20 heavy (non-hydrogen) atoms. The summed E-state index contributed by atoms with van der Waals surface area (Å²) < 4.78 is 5.27. The van der Waals surface area contributed by atoms with Crippen LogP contribution < -0.4 is 5.32 Å². The van der Waals surface area contributed by atoms with E-state index in [4.69, 9.17) is 9.84 Å². The van der Waals surface area contributed by atoms with E-state index in [1.165, 1.54) is 5.56 Å². The maximum Gasteiger partial charge on any atom is 0.332 e. The van der Waals surface area contributed by atoms with E-state index in [0.29, 0.717) is 12.8 Å². The van der Waals surface area contributed by atoms with Crippen molar-refractivity contribution in [3.63, 3.8) is 0 Å². The Kier molecular flexibility index (Phi) is 3.44. The van der Waals surface area contributed by atoms with Crippen LogP contribution in [0.4, 0.5) is 0 Å². The Morgan fingerprint density at radius 1 is 1.15 bits per heavy atom. The van der Waals surface area contributed by atoms with Gasteiger partial charge in [0.15, 0.2) is 6.10 Å². The lowest BCUT2D eigenvalue weighted by atomic mass is 10.1. The molecule has 3 rings (SSSR count). The highest BCUT2D eigenvalue weighted by molar-refractivity contribution is 5.83. The number of fused-ring (bicyclic) bond motifs is 1. The van der Waals surface area contributed by atoms with Crippen LogP contribution in [0.5, 0.6) is 0 Å². The van der Waals surface area contributed by atoms with E-state index in [1.54, 1.807) is 0 Å². The maximum atomic E-state index is 12.2. The number of aliphatic carboxylic acids is 1. The number of hydrogen-bond acceptors (Lipinski definition) is 3. The van der Waals surface area contributed by atoms with Crippen LogP contribution in [-0.2, 0) is 20.7 Å². The van der Waals surface area contributed by atoms with Crippen molar-refractivity contribution in [1.82, 2.24) is 5.32 Å². The SMILES string of the molecule is O=C(O)C1CCC(C(=O)NC2CCc3ccccc32)O1. The Balaban J connectivity index is 1.62. The maximum absolute atomic E-state index is 12.2. The van der Waals surface area contributed by atoms with Crippen LogP contribution >= 0.6 is 0 Å². The molecular weight excluding hydrogens is 258 g/mol. The Bertz CT molecular complexity index is 542. The quantitative estimate of drug-likeness (QED) is 0.875. The van der Waals surface area contributed by atoms with E-state index in [1.807, 2.05) is 18.2 Å². The molecule has 0 saturated carbocycles. The van der Waals surface area contributed by atoms with Gasteiger partial charge in [-0.3, -0.25) is 4.79 Å². The van der Waals surface area contributed by atoms with Gasteiger partial charge in [-0.05, 0) is 36.8 Å². The summed E-state index contributed by atoms with van der Waals surface area (Å²) in [5.41, 5.74) is 2.43. The second kappa shape index (κ2) is 5.25. The third kappa shape index (κ3) is 2.41. The van der Waals surface area contributed by atoms with Crippen LogP contribution in [0.3, 0.4) is 0 Å². The van der Waals surface area contributed by atoms with Crippen LogP contribution in [0.15, 0.2) is 24.3 Å². The Morgan fingerprint density at radius 2 is 1.90 bits per heavy atom. The van der Waals surface area contributed by atoms with E-state index in [9.17, 15) is 9.59 Å². The second-order valence-corrected chi connectivity index (χ2v) is 5.33. The first kappa shape index (κ1) is 13.1. The zero-order valence-corrected chi connectivity index (χ0v) is 11.0. The number of rotatable bonds is 3. The standard InChI is InChI=1S/C15H17NO4/c17-14(12-7-8-13(20-12)15(18)19)16-11-6-5-9-3-1-2-4-10(9)11/h1-4,11-13H,5-8H2,(H,16,17)(H,18,19). The molecule has 3 atom stereocenters. The summed E-state index contributed by atoms with van der Waals surface area (Å²) in [6, 6.07) is 8.10. The normalized spacial score (nSPS) is 28.1. The third-order valence-electron chi connectivity index (χ3n) is 4.04. The highest BCUT2D eigenvalue weighted by Crippen LogP contribution is 2.31. The van der Waals surface area contributed by atoms with Crippen molar-refractivity contribution in [2.45, 2.75) is 43.9 Å². The lowest BCUT2D eigenvalue weighted by molar-refractivity contribution is -0.151. The molecule has 2 N–H and O–H groups in total. The van der Waals surface area contributed by atoms with Crippen molar-refractivity contribution in [3.8, 4) is 0 Å². The van der Waals surface area contributed by atoms with E-state index >= 15 is 0 Å². The van der Waals surface area contributed by atoms with Gasteiger partial charge in [0.05, 0.1) is 6.04 Å². The lowest BCUT2D eigenvalue weighted by Crippen LogP contribution is -2.37. The van der Waals surface area contributed by atoms with Gasteiger partial charge in [-0.2, -0.15) is 0 Å².